The van der Waals surface area contributed by atoms with Crippen molar-refractivity contribution < 1.29 is 9.90 Å². The number of carbonyl (C=O) groups excluding carboxylic acids is 1. The highest BCUT2D eigenvalue weighted by Crippen LogP contribution is 2.42. The summed E-state index contributed by atoms with van der Waals surface area (Å²) in [5.74, 6) is 0.590. The molecule has 0 radical (unpaired) electrons. The van der Waals surface area contributed by atoms with Crippen molar-refractivity contribution in [2.75, 3.05) is 5.32 Å². The number of aromatic hydroxyl groups is 1. The molecule has 1 saturated carbocycles. The van der Waals surface area contributed by atoms with Crippen LogP contribution in [0.25, 0.3) is 11.3 Å². The van der Waals surface area contributed by atoms with Crippen molar-refractivity contribution in [2.45, 2.75) is 52.5 Å². The van der Waals surface area contributed by atoms with Gasteiger partial charge in [-0.15, -0.1) is 0 Å². The van der Waals surface area contributed by atoms with Crippen molar-refractivity contribution in [1.29, 1.82) is 0 Å². The van der Waals surface area contributed by atoms with Gasteiger partial charge in [-0.2, -0.15) is 5.10 Å². The molecule has 2 aromatic rings. The van der Waals surface area contributed by atoms with E-state index >= 15 is 0 Å². The van der Waals surface area contributed by atoms with Crippen molar-refractivity contribution >= 4 is 11.6 Å². The maximum atomic E-state index is 11.8. The van der Waals surface area contributed by atoms with Crippen LogP contribution in [0.5, 0.6) is 5.75 Å². The quantitative estimate of drug-likeness (QED) is 0.838. The number of phenols is 1. The predicted molar refractivity (Wildman–Crippen MR) is 95.1 cm³/mol. The number of carbonyl (C=O) groups is 1. The molecule has 1 aliphatic rings. The van der Waals surface area contributed by atoms with Crippen molar-refractivity contribution in [1.82, 2.24) is 9.78 Å². The van der Waals surface area contributed by atoms with E-state index in [1.165, 1.54) is 18.5 Å². The van der Waals surface area contributed by atoms with Crippen LogP contribution in [0.2, 0.25) is 0 Å². The van der Waals surface area contributed by atoms with Crippen LogP contribution in [-0.2, 0) is 11.3 Å². The van der Waals surface area contributed by atoms with Gasteiger partial charge in [0.2, 0.25) is 5.91 Å². The molecule has 0 aliphatic heterocycles. The zero-order valence-electron chi connectivity index (χ0n) is 14.5. The summed E-state index contributed by atoms with van der Waals surface area (Å²) in [4.78, 5) is 11.8. The molecule has 128 valence electrons. The molecule has 5 heteroatoms. The van der Waals surface area contributed by atoms with Crippen LogP contribution >= 0.6 is 0 Å². The molecule has 1 aromatic heterocycles. The summed E-state index contributed by atoms with van der Waals surface area (Å²) in [6.07, 6.45) is 3.48. The SMILES string of the molecule is CCCn1nc(-c2ccc(NC(=O)C(C)C)cc2O)cc1C1CC1. The summed E-state index contributed by atoms with van der Waals surface area (Å²) in [5, 5.41) is 17.9. The average molecular weight is 327 g/mol. The molecule has 2 N–H and O–H groups in total. The van der Waals surface area contributed by atoms with Gasteiger partial charge in [0.1, 0.15) is 5.75 Å². The van der Waals surface area contributed by atoms with E-state index in [0.29, 0.717) is 17.2 Å². The molecule has 0 unspecified atom stereocenters. The van der Waals surface area contributed by atoms with Crippen molar-refractivity contribution in [2.24, 2.45) is 5.92 Å². The third-order valence-corrected chi connectivity index (χ3v) is 4.31. The number of amides is 1. The molecule has 0 saturated heterocycles. The summed E-state index contributed by atoms with van der Waals surface area (Å²) in [6.45, 7) is 6.71. The number of aromatic nitrogens is 2. The van der Waals surface area contributed by atoms with E-state index in [4.69, 9.17) is 0 Å². The van der Waals surface area contributed by atoms with E-state index < -0.39 is 0 Å². The second-order valence-corrected chi connectivity index (χ2v) is 6.83. The number of nitrogens with one attached hydrogen (secondary N) is 1. The smallest absolute Gasteiger partial charge is 0.226 e. The zero-order chi connectivity index (χ0) is 17.3. The molecule has 0 bridgehead atoms. The highest BCUT2D eigenvalue weighted by atomic mass is 16.3. The van der Waals surface area contributed by atoms with Crippen molar-refractivity contribution in [3.8, 4) is 17.0 Å². The van der Waals surface area contributed by atoms with Gasteiger partial charge in [0.25, 0.3) is 0 Å². The van der Waals surface area contributed by atoms with E-state index in [9.17, 15) is 9.90 Å². The van der Waals surface area contributed by atoms with Gasteiger partial charge >= 0.3 is 0 Å². The lowest BCUT2D eigenvalue weighted by molar-refractivity contribution is -0.118. The fourth-order valence-electron chi connectivity index (χ4n) is 2.77. The average Bonchev–Trinajstić information content (AvgIpc) is 3.29. The Hall–Kier alpha value is -2.30. The van der Waals surface area contributed by atoms with Gasteiger partial charge in [0.05, 0.1) is 5.69 Å². The van der Waals surface area contributed by atoms with Gasteiger partial charge in [0, 0.05) is 41.4 Å². The van der Waals surface area contributed by atoms with E-state index in [-0.39, 0.29) is 17.6 Å². The maximum Gasteiger partial charge on any atom is 0.226 e. The Morgan fingerprint density at radius 1 is 1.38 bits per heavy atom. The number of aryl methyl sites for hydroxylation is 1. The van der Waals surface area contributed by atoms with E-state index in [1.807, 2.05) is 26.0 Å². The van der Waals surface area contributed by atoms with Crippen LogP contribution in [0.4, 0.5) is 5.69 Å². The monoisotopic (exact) mass is 327 g/mol. The van der Waals surface area contributed by atoms with Crippen LogP contribution < -0.4 is 5.32 Å². The number of hydrogen-bond donors (Lipinski definition) is 2. The molecule has 1 heterocycles. The molecular formula is C19H25N3O2. The molecule has 0 spiro atoms. The first kappa shape index (κ1) is 16.6. The number of hydrogen-bond acceptors (Lipinski definition) is 3. The third kappa shape index (κ3) is 3.45. The molecule has 1 fully saturated rings. The van der Waals surface area contributed by atoms with E-state index in [0.717, 1.165) is 18.7 Å². The minimum Gasteiger partial charge on any atom is -0.507 e. The molecule has 1 amide bonds. The Balaban J connectivity index is 1.87. The third-order valence-electron chi connectivity index (χ3n) is 4.31. The van der Waals surface area contributed by atoms with Crippen LogP contribution in [-0.4, -0.2) is 20.8 Å². The topological polar surface area (TPSA) is 67.2 Å². The lowest BCUT2D eigenvalue weighted by Crippen LogP contribution is -2.17. The van der Waals surface area contributed by atoms with E-state index in [2.05, 4.69) is 28.1 Å². The predicted octanol–water partition coefficient (Wildman–Crippen LogP) is 4.14. The summed E-state index contributed by atoms with van der Waals surface area (Å²) in [5.41, 5.74) is 3.37. The number of nitrogens with zero attached hydrogens (tertiary/aromatic N) is 2. The first-order valence-corrected chi connectivity index (χ1v) is 8.71. The largest absolute Gasteiger partial charge is 0.507 e. The molecule has 3 rings (SSSR count). The Morgan fingerprint density at radius 2 is 2.12 bits per heavy atom. The van der Waals surface area contributed by atoms with Gasteiger partial charge in [-0.05, 0) is 37.5 Å². The van der Waals surface area contributed by atoms with Crippen LogP contribution in [0, 0.1) is 5.92 Å². The highest BCUT2D eigenvalue weighted by Gasteiger charge is 2.28. The van der Waals surface area contributed by atoms with Gasteiger partial charge < -0.3 is 10.4 Å². The Labute approximate surface area is 142 Å². The molecule has 5 nitrogen and oxygen atoms in total. The van der Waals surface area contributed by atoms with E-state index in [1.54, 1.807) is 6.07 Å². The lowest BCUT2D eigenvalue weighted by atomic mass is 10.1. The number of phenolic OH excluding ortho intramolecular Hbond substituents is 1. The molecule has 0 atom stereocenters. The van der Waals surface area contributed by atoms with Crippen LogP contribution in [0.15, 0.2) is 24.3 Å². The minimum atomic E-state index is -0.0994. The summed E-state index contributed by atoms with van der Waals surface area (Å²) in [7, 11) is 0. The van der Waals surface area contributed by atoms with Crippen molar-refractivity contribution in [3.63, 3.8) is 0 Å². The fraction of sp³-hybridized carbons (Fsp3) is 0.474. The Morgan fingerprint density at radius 3 is 2.71 bits per heavy atom. The summed E-state index contributed by atoms with van der Waals surface area (Å²) >= 11 is 0. The lowest BCUT2D eigenvalue weighted by Gasteiger charge is -2.09. The Bertz CT molecular complexity index is 745. The Kier molecular flexibility index (Phi) is 4.60. The van der Waals surface area contributed by atoms with Gasteiger partial charge in [-0.3, -0.25) is 9.48 Å². The standard InChI is InChI=1S/C19H25N3O2/c1-4-9-22-17(13-5-6-13)11-16(21-22)15-8-7-14(10-18(15)23)20-19(24)12(2)3/h7-8,10-13,23H,4-6,9H2,1-3H3,(H,20,24). The second kappa shape index (κ2) is 6.67. The molecule has 24 heavy (non-hydrogen) atoms. The number of anilines is 1. The van der Waals surface area contributed by atoms with Crippen LogP contribution in [0.3, 0.4) is 0 Å². The van der Waals surface area contributed by atoms with Gasteiger partial charge in [0.15, 0.2) is 0 Å². The van der Waals surface area contributed by atoms with Gasteiger partial charge in [-0.1, -0.05) is 20.8 Å². The first-order valence-electron chi connectivity index (χ1n) is 8.71. The fourth-order valence-corrected chi connectivity index (χ4v) is 2.77. The molecular weight excluding hydrogens is 302 g/mol. The number of benzene rings is 1. The maximum absolute atomic E-state index is 11.8. The zero-order valence-corrected chi connectivity index (χ0v) is 14.5. The molecule has 1 aromatic carbocycles. The highest BCUT2D eigenvalue weighted by molar-refractivity contribution is 5.92. The van der Waals surface area contributed by atoms with Gasteiger partial charge in [-0.25, -0.2) is 0 Å². The van der Waals surface area contributed by atoms with Crippen LogP contribution in [0.1, 0.15) is 51.6 Å². The molecule has 1 aliphatic carbocycles. The normalized spacial score (nSPS) is 14.2. The first-order chi connectivity index (χ1) is 11.5. The number of rotatable bonds is 6. The second-order valence-electron chi connectivity index (χ2n) is 6.83. The minimum absolute atomic E-state index is 0.0645. The van der Waals surface area contributed by atoms with Crippen molar-refractivity contribution in [3.05, 3.63) is 30.0 Å². The summed E-state index contributed by atoms with van der Waals surface area (Å²) in [6, 6.07) is 7.31. The summed E-state index contributed by atoms with van der Waals surface area (Å²) < 4.78 is 2.07.